The molecule has 0 heterocycles. The molecule has 0 aromatic heterocycles. The molecule has 2 fully saturated rings. The van der Waals surface area contributed by atoms with Gasteiger partial charge in [-0.15, -0.1) is 0 Å². The summed E-state index contributed by atoms with van der Waals surface area (Å²) in [6, 6.07) is 0. The summed E-state index contributed by atoms with van der Waals surface area (Å²) >= 11 is 0. The molecular weight excluding hydrogens is 193 g/mol. The molecule has 0 N–H and O–H groups in total. The zero-order valence-electron chi connectivity index (χ0n) is 11.3. The van der Waals surface area contributed by atoms with E-state index >= 15 is 0 Å². The van der Waals surface area contributed by atoms with Crippen molar-refractivity contribution in [3.05, 3.63) is 0 Å². The van der Waals surface area contributed by atoms with E-state index in [-0.39, 0.29) is 28.1 Å². The summed E-state index contributed by atoms with van der Waals surface area (Å²) in [4.78, 5) is 0. The van der Waals surface area contributed by atoms with E-state index in [0.29, 0.717) is 0 Å². The Morgan fingerprint density at radius 1 is 0.733 bits per heavy atom. The Bertz CT molecular complexity index is 152. The second kappa shape index (κ2) is 7.42. The van der Waals surface area contributed by atoms with Crippen LogP contribution in [0.1, 0.15) is 65.6 Å². The maximum Gasteiger partial charge on any atom is 1.00 e. The van der Waals surface area contributed by atoms with Crippen molar-refractivity contribution in [3.63, 3.8) is 0 Å². The molecule has 0 atom stereocenters. The molecule has 15 heavy (non-hydrogen) atoms. The van der Waals surface area contributed by atoms with E-state index in [2.05, 4.69) is 0 Å². The van der Waals surface area contributed by atoms with Crippen molar-refractivity contribution in [3.8, 4) is 0 Å². The van der Waals surface area contributed by atoms with Crippen LogP contribution in [0.15, 0.2) is 0 Å². The largest absolute Gasteiger partial charge is 1.00 e. The van der Waals surface area contributed by atoms with Gasteiger partial charge in [-0.3, -0.25) is 0 Å². The monoisotopic (exact) mass is 216 g/mol. The van der Waals surface area contributed by atoms with Crippen LogP contribution in [0.2, 0.25) is 0 Å². The molecule has 0 unspecified atom stereocenters. The molecule has 2 rings (SSSR count). The third kappa shape index (κ3) is 4.11. The molecule has 2 saturated carbocycles. The van der Waals surface area contributed by atoms with Crippen LogP contribution in [0.4, 0.5) is 0 Å². The average molecular weight is 216 g/mol. The molecule has 0 aliphatic heterocycles. The second-order valence-corrected chi connectivity index (χ2v) is 7.39. The van der Waals surface area contributed by atoms with E-state index in [1.165, 1.54) is 64.2 Å². The van der Waals surface area contributed by atoms with Crippen molar-refractivity contribution in [1.82, 2.24) is 0 Å². The quantitative estimate of drug-likeness (QED) is 0.482. The van der Waals surface area contributed by atoms with Gasteiger partial charge in [0.25, 0.3) is 0 Å². The topological polar surface area (TPSA) is 0 Å². The van der Waals surface area contributed by atoms with Crippen LogP contribution < -0.4 is 18.9 Å². The Kier molecular flexibility index (Phi) is 7.01. The predicted octanol–water partition coefficient (Wildman–Crippen LogP) is 1.33. The molecule has 0 spiro atoms. The van der Waals surface area contributed by atoms with Gasteiger partial charge < -0.3 is 1.43 Å². The summed E-state index contributed by atoms with van der Waals surface area (Å²) in [6.45, 7) is 0. The molecule has 0 nitrogen and oxygen atoms in total. The zero-order valence-corrected chi connectivity index (χ0v) is 11.1. The number of hydrogen-bond acceptors (Lipinski definition) is 0. The minimum atomic E-state index is -0.117. The van der Waals surface area contributed by atoms with Gasteiger partial charge in [0.15, 0.2) is 0 Å². The Balaban J connectivity index is 0.00000112. The van der Waals surface area contributed by atoms with E-state index in [0.717, 1.165) is 11.3 Å². The summed E-state index contributed by atoms with van der Waals surface area (Å²) in [7, 11) is 6.37. The van der Waals surface area contributed by atoms with E-state index in [1.54, 1.807) is 0 Å². The van der Waals surface area contributed by atoms with Crippen molar-refractivity contribution in [2.45, 2.75) is 75.5 Å². The first kappa shape index (κ1) is 14.2. The molecule has 2 radical (unpaired) electrons. The van der Waals surface area contributed by atoms with Crippen LogP contribution in [-0.4, -0.2) is 18.9 Å². The first-order valence-corrected chi connectivity index (χ1v) is 7.96. The fraction of sp³-hybridized carbons (Fsp3) is 1.00. The Morgan fingerprint density at radius 3 is 1.40 bits per heavy atom. The maximum atomic E-state index is 6.49. The van der Waals surface area contributed by atoms with Crippen LogP contribution in [0, 0.1) is 0 Å². The van der Waals surface area contributed by atoms with E-state index < -0.39 is 0 Å². The third-order valence-electron chi connectivity index (χ3n) is 3.99. The molecule has 80 valence electrons. The average Bonchev–Trinajstić information content (AvgIpc) is 2.30. The molecular formula is C12H23BLiP. The van der Waals surface area contributed by atoms with Crippen LogP contribution in [0.5, 0.6) is 0 Å². The molecule has 0 amide bonds. The zero-order chi connectivity index (χ0) is 9.80. The van der Waals surface area contributed by atoms with Gasteiger partial charge in [0.1, 0.15) is 7.57 Å². The van der Waals surface area contributed by atoms with Crippen LogP contribution >= 0.6 is 7.80 Å². The van der Waals surface area contributed by atoms with Gasteiger partial charge in [-0.25, -0.2) is 0 Å². The van der Waals surface area contributed by atoms with Crippen LogP contribution in [-0.2, 0) is 0 Å². The summed E-state index contributed by atoms with van der Waals surface area (Å²) in [5, 5.41) is 0. The fourth-order valence-electron chi connectivity index (χ4n) is 3.06. The van der Waals surface area contributed by atoms with E-state index in [4.69, 9.17) is 7.57 Å². The Morgan fingerprint density at radius 2 is 1.07 bits per heavy atom. The molecule has 3 heteroatoms. The van der Waals surface area contributed by atoms with Crippen molar-refractivity contribution < 1.29 is 20.3 Å². The van der Waals surface area contributed by atoms with Gasteiger partial charge in [-0.2, -0.15) is 7.80 Å². The van der Waals surface area contributed by atoms with E-state index in [9.17, 15) is 0 Å². The van der Waals surface area contributed by atoms with Crippen molar-refractivity contribution in [2.24, 2.45) is 0 Å². The van der Waals surface area contributed by atoms with Gasteiger partial charge in [0, 0.05) is 0 Å². The summed E-state index contributed by atoms with van der Waals surface area (Å²) in [5.41, 5.74) is 1.86. The van der Waals surface area contributed by atoms with Crippen molar-refractivity contribution in [1.29, 1.82) is 0 Å². The summed E-state index contributed by atoms with van der Waals surface area (Å²) in [5.74, 6) is 0. The van der Waals surface area contributed by atoms with Crippen molar-refractivity contribution >= 4 is 15.4 Å². The van der Waals surface area contributed by atoms with Gasteiger partial charge >= 0.3 is 18.9 Å². The molecule has 2 aliphatic rings. The normalized spacial score (nSPS) is 25.1. The van der Waals surface area contributed by atoms with Gasteiger partial charge in [-0.05, 0) is 37.0 Å². The standard InChI is InChI=1S/C12H22BP.Li.H/c13-14(11-7-3-1-4-8-11)12-9-5-2-6-10-12;;/h11-12H,1-10H2;;/q;+1;-1. The number of rotatable bonds is 2. The summed E-state index contributed by atoms with van der Waals surface area (Å²) in [6.07, 6.45) is 14.5. The molecule has 0 aromatic carbocycles. The van der Waals surface area contributed by atoms with E-state index in [1.807, 2.05) is 0 Å². The minimum Gasteiger partial charge on any atom is -1.00 e. The van der Waals surface area contributed by atoms with Gasteiger partial charge in [0.2, 0.25) is 0 Å². The first-order valence-electron chi connectivity index (χ1n) is 6.41. The second-order valence-electron chi connectivity index (χ2n) is 5.03. The molecule has 0 aromatic rings. The third-order valence-corrected chi connectivity index (χ3v) is 6.71. The summed E-state index contributed by atoms with van der Waals surface area (Å²) < 4.78 is 0. The molecule has 0 bridgehead atoms. The smallest absolute Gasteiger partial charge is 1.00 e. The molecule has 2 aliphatic carbocycles. The van der Waals surface area contributed by atoms with Crippen LogP contribution in [0.3, 0.4) is 0 Å². The van der Waals surface area contributed by atoms with Gasteiger partial charge in [0.05, 0.1) is 0 Å². The minimum absolute atomic E-state index is 0. The predicted molar refractivity (Wildman–Crippen MR) is 67.5 cm³/mol. The Hall–Kier alpha value is 1.09. The maximum absolute atomic E-state index is 6.49. The van der Waals surface area contributed by atoms with Crippen molar-refractivity contribution in [2.75, 3.05) is 0 Å². The fourth-order valence-corrected chi connectivity index (χ4v) is 5.58. The Labute approximate surface area is 111 Å². The van der Waals surface area contributed by atoms with Crippen LogP contribution in [0.25, 0.3) is 0 Å². The first-order chi connectivity index (χ1) is 6.88. The SMILES string of the molecule is [B]P(C1CCCCC1)C1CCCCC1.[H-].[Li+]. The number of hydrogen-bond donors (Lipinski definition) is 0. The van der Waals surface area contributed by atoms with Gasteiger partial charge in [-0.1, -0.05) is 38.5 Å². The molecule has 0 saturated heterocycles.